The van der Waals surface area contributed by atoms with Crippen molar-refractivity contribution in [2.75, 3.05) is 0 Å². The Labute approximate surface area is 136 Å². The van der Waals surface area contributed by atoms with Crippen LogP contribution in [0.4, 0.5) is 0 Å². The Bertz CT molecular complexity index is 671. The van der Waals surface area contributed by atoms with Gasteiger partial charge in [0.2, 0.25) is 0 Å². The first-order valence-corrected chi connectivity index (χ1v) is 7.39. The summed E-state index contributed by atoms with van der Waals surface area (Å²) in [6.07, 6.45) is -0.187. The van der Waals surface area contributed by atoms with E-state index in [9.17, 15) is 0 Å². The number of hydrogen-bond donors (Lipinski definition) is 2. The lowest BCUT2D eigenvalue weighted by molar-refractivity contribution is 0.286. The zero-order valence-electron chi connectivity index (χ0n) is 12.6. The molecule has 4 nitrogen and oxygen atoms in total. The molecule has 0 aliphatic carbocycles. The molecule has 2 aromatic rings. The highest BCUT2D eigenvalue weighted by atomic mass is 32.1. The summed E-state index contributed by atoms with van der Waals surface area (Å²) in [5.74, 6) is 0.790. The Morgan fingerprint density at radius 3 is 2.50 bits per heavy atom. The zero-order chi connectivity index (χ0) is 15.9. The molecule has 0 bridgehead atoms. The van der Waals surface area contributed by atoms with Crippen LogP contribution in [0.5, 0.6) is 5.75 Å². The lowest BCUT2D eigenvalue weighted by atomic mass is 10.1. The Hall–Kier alpha value is -2.40. The molecule has 0 saturated heterocycles. The second-order valence-electron chi connectivity index (χ2n) is 4.88. The van der Waals surface area contributed by atoms with E-state index in [1.807, 2.05) is 50.2 Å². The van der Waals surface area contributed by atoms with Crippen LogP contribution in [-0.4, -0.2) is 16.9 Å². The van der Waals surface area contributed by atoms with Crippen LogP contribution in [0.15, 0.2) is 59.7 Å². The maximum Gasteiger partial charge on any atom is 0.184 e. The van der Waals surface area contributed by atoms with Crippen LogP contribution in [-0.2, 0) is 0 Å². The van der Waals surface area contributed by atoms with Gasteiger partial charge in [-0.05, 0) is 49.3 Å². The maximum absolute atomic E-state index is 5.92. The Morgan fingerprint density at radius 2 is 1.82 bits per heavy atom. The van der Waals surface area contributed by atoms with E-state index in [2.05, 4.69) is 28.7 Å². The molecule has 0 heterocycles. The number of nitrogens with zero attached hydrogens (tertiary/aromatic N) is 1. The molecule has 1 atom stereocenters. The van der Waals surface area contributed by atoms with Crippen molar-refractivity contribution in [1.82, 2.24) is 5.43 Å². The van der Waals surface area contributed by atoms with Crippen LogP contribution in [0.3, 0.4) is 0 Å². The van der Waals surface area contributed by atoms with Crippen LogP contribution >= 0.6 is 12.2 Å². The van der Waals surface area contributed by atoms with E-state index in [4.69, 9.17) is 22.7 Å². The maximum atomic E-state index is 5.92. The fraction of sp³-hybridized carbons (Fsp3) is 0.176. The average Bonchev–Trinajstić information content (AvgIpc) is 2.53. The minimum atomic E-state index is -0.187. The third-order valence-electron chi connectivity index (χ3n) is 3.18. The van der Waals surface area contributed by atoms with E-state index in [1.54, 1.807) is 0 Å². The molecule has 5 heteroatoms. The minimum absolute atomic E-state index is 0.137. The van der Waals surface area contributed by atoms with Crippen molar-refractivity contribution in [2.24, 2.45) is 10.8 Å². The number of thiocarbonyl (C=S) groups is 1. The minimum Gasteiger partial charge on any atom is -0.485 e. The molecule has 3 N–H and O–H groups in total. The van der Waals surface area contributed by atoms with Gasteiger partial charge in [0.1, 0.15) is 11.9 Å². The number of nitrogens with one attached hydrogen (secondary N) is 1. The average molecular weight is 313 g/mol. The molecule has 0 aliphatic heterocycles. The topological polar surface area (TPSA) is 59.6 Å². The van der Waals surface area contributed by atoms with Crippen LogP contribution in [0.2, 0.25) is 0 Å². The summed E-state index contributed by atoms with van der Waals surface area (Å²) in [7, 11) is 0. The van der Waals surface area contributed by atoms with E-state index in [1.165, 1.54) is 0 Å². The predicted molar refractivity (Wildman–Crippen MR) is 95.0 cm³/mol. The summed E-state index contributed by atoms with van der Waals surface area (Å²) in [6.45, 7) is 3.78. The third kappa shape index (κ3) is 4.56. The third-order valence-corrected chi connectivity index (χ3v) is 3.28. The fourth-order valence-electron chi connectivity index (χ4n) is 1.90. The lowest BCUT2D eigenvalue weighted by Crippen LogP contribution is -2.29. The van der Waals surface area contributed by atoms with Gasteiger partial charge in [-0.1, -0.05) is 42.5 Å². The summed E-state index contributed by atoms with van der Waals surface area (Å²) in [5.41, 5.74) is 10.9. The Balaban J connectivity index is 2.10. The van der Waals surface area contributed by atoms with Crippen molar-refractivity contribution in [3.05, 3.63) is 54.6 Å². The van der Waals surface area contributed by atoms with Gasteiger partial charge in [0.25, 0.3) is 0 Å². The number of rotatable bonds is 5. The highest BCUT2D eigenvalue weighted by molar-refractivity contribution is 7.80. The monoisotopic (exact) mass is 313 g/mol. The molecule has 0 radical (unpaired) electrons. The largest absolute Gasteiger partial charge is 0.485 e. The molecule has 1 unspecified atom stereocenters. The number of ether oxygens (including phenoxy) is 1. The van der Waals surface area contributed by atoms with Crippen molar-refractivity contribution < 1.29 is 4.74 Å². The van der Waals surface area contributed by atoms with E-state index >= 15 is 0 Å². The van der Waals surface area contributed by atoms with Gasteiger partial charge in [0, 0.05) is 0 Å². The molecule has 2 rings (SSSR count). The Morgan fingerprint density at radius 1 is 1.14 bits per heavy atom. The summed E-state index contributed by atoms with van der Waals surface area (Å²) < 4.78 is 5.92. The molecule has 114 valence electrons. The van der Waals surface area contributed by atoms with Crippen molar-refractivity contribution in [3.63, 3.8) is 0 Å². The quantitative estimate of drug-likeness (QED) is 0.505. The van der Waals surface area contributed by atoms with E-state index in [0.29, 0.717) is 0 Å². The van der Waals surface area contributed by atoms with Gasteiger partial charge >= 0.3 is 0 Å². The van der Waals surface area contributed by atoms with Crippen molar-refractivity contribution in [3.8, 4) is 16.9 Å². The summed E-state index contributed by atoms with van der Waals surface area (Å²) in [4.78, 5) is 0. The van der Waals surface area contributed by atoms with E-state index in [-0.39, 0.29) is 11.2 Å². The molecule has 2 aromatic carbocycles. The molecule has 0 spiro atoms. The molecule has 0 fully saturated rings. The van der Waals surface area contributed by atoms with Gasteiger partial charge in [-0.3, -0.25) is 5.43 Å². The predicted octanol–water partition coefficient (Wildman–Crippen LogP) is 3.33. The smallest absolute Gasteiger partial charge is 0.184 e. The van der Waals surface area contributed by atoms with Gasteiger partial charge in [0.05, 0.1) is 5.71 Å². The number of nitrogens with two attached hydrogens (primary N) is 1. The van der Waals surface area contributed by atoms with Gasteiger partial charge in [-0.25, -0.2) is 0 Å². The SMILES string of the molecule is C/C(=N\NC(N)=S)C(C)Oc1cccc(-c2ccccc2)c1. The number of hydrazone groups is 1. The summed E-state index contributed by atoms with van der Waals surface area (Å²) in [6, 6.07) is 18.2. The second kappa shape index (κ2) is 7.56. The van der Waals surface area contributed by atoms with Crippen molar-refractivity contribution >= 4 is 23.0 Å². The van der Waals surface area contributed by atoms with Gasteiger partial charge < -0.3 is 10.5 Å². The van der Waals surface area contributed by atoms with E-state index in [0.717, 1.165) is 22.6 Å². The highest BCUT2D eigenvalue weighted by Gasteiger charge is 2.09. The molecular weight excluding hydrogens is 294 g/mol. The molecule has 0 saturated carbocycles. The molecular formula is C17H19N3OS. The van der Waals surface area contributed by atoms with Crippen LogP contribution in [0, 0.1) is 0 Å². The molecule has 0 amide bonds. The first-order valence-electron chi connectivity index (χ1n) is 6.98. The summed E-state index contributed by atoms with van der Waals surface area (Å²) >= 11 is 4.72. The van der Waals surface area contributed by atoms with Gasteiger partial charge in [0.15, 0.2) is 5.11 Å². The number of benzene rings is 2. The highest BCUT2D eigenvalue weighted by Crippen LogP contribution is 2.24. The lowest BCUT2D eigenvalue weighted by Gasteiger charge is -2.15. The van der Waals surface area contributed by atoms with Crippen molar-refractivity contribution in [2.45, 2.75) is 20.0 Å². The van der Waals surface area contributed by atoms with Crippen LogP contribution in [0.25, 0.3) is 11.1 Å². The summed E-state index contributed by atoms with van der Waals surface area (Å²) in [5, 5.41) is 4.21. The fourth-order valence-corrected chi connectivity index (χ4v) is 1.95. The second-order valence-corrected chi connectivity index (χ2v) is 5.32. The number of hydrogen-bond acceptors (Lipinski definition) is 3. The van der Waals surface area contributed by atoms with E-state index < -0.39 is 0 Å². The van der Waals surface area contributed by atoms with Gasteiger partial charge in [-0.15, -0.1) is 0 Å². The van der Waals surface area contributed by atoms with Crippen LogP contribution < -0.4 is 15.9 Å². The first kappa shape index (κ1) is 16.0. The first-order chi connectivity index (χ1) is 10.6. The molecule has 22 heavy (non-hydrogen) atoms. The standard InChI is InChI=1S/C17H19N3OS/c1-12(19-20-17(18)22)13(2)21-16-10-6-9-15(11-16)14-7-4-3-5-8-14/h3-11,13H,1-2H3,(H3,18,20,22)/b19-12+. The van der Waals surface area contributed by atoms with Crippen molar-refractivity contribution in [1.29, 1.82) is 0 Å². The van der Waals surface area contributed by atoms with Gasteiger partial charge in [-0.2, -0.15) is 5.10 Å². The molecule has 0 aromatic heterocycles. The van der Waals surface area contributed by atoms with Crippen LogP contribution in [0.1, 0.15) is 13.8 Å². The normalized spacial score (nSPS) is 12.5. The molecule has 0 aliphatic rings. The Kier molecular flexibility index (Phi) is 5.49. The zero-order valence-corrected chi connectivity index (χ0v) is 13.4.